The number of carbonyl (C=O) groups is 1. The van der Waals surface area contributed by atoms with Crippen molar-refractivity contribution in [3.63, 3.8) is 0 Å². The second-order valence-corrected chi connectivity index (χ2v) is 4.77. The molecule has 0 saturated carbocycles. The molecule has 1 aromatic heterocycles. The lowest BCUT2D eigenvalue weighted by atomic mass is 10.2. The zero-order chi connectivity index (χ0) is 14.9. The van der Waals surface area contributed by atoms with E-state index in [9.17, 15) is 4.79 Å². The van der Waals surface area contributed by atoms with Crippen molar-refractivity contribution in [3.8, 4) is 5.75 Å². The highest BCUT2D eigenvalue weighted by atomic mass is 16.5. The summed E-state index contributed by atoms with van der Waals surface area (Å²) in [6.07, 6.45) is 5.59. The van der Waals surface area contributed by atoms with Gasteiger partial charge in [-0.3, -0.25) is 9.78 Å². The van der Waals surface area contributed by atoms with Crippen molar-refractivity contribution < 1.29 is 9.53 Å². The molecule has 1 aromatic carbocycles. The van der Waals surface area contributed by atoms with E-state index in [1.807, 2.05) is 24.3 Å². The predicted octanol–water partition coefficient (Wildman–Crippen LogP) is 3.19. The molecule has 0 fully saturated rings. The van der Waals surface area contributed by atoms with Gasteiger partial charge in [0.05, 0.1) is 6.61 Å². The van der Waals surface area contributed by atoms with Crippen LogP contribution in [0.25, 0.3) is 0 Å². The summed E-state index contributed by atoms with van der Waals surface area (Å²) in [6, 6.07) is 11.0. The molecule has 4 heteroatoms. The number of amides is 1. The van der Waals surface area contributed by atoms with Crippen LogP contribution in [-0.4, -0.2) is 17.5 Å². The van der Waals surface area contributed by atoms with Crippen molar-refractivity contribution in [2.75, 3.05) is 6.61 Å². The summed E-state index contributed by atoms with van der Waals surface area (Å²) < 4.78 is 5.57. The number of ether oxygens (including phenoxy) is 1. The Kier molecular flexibility index (Phi) is 5.76. The third kappa shape index (κ3) is 4.91. The maximum Gasteiger partial charge on any atom is 0.251 e. The molecule has 1 amide bonds. The Morgan fingerprint density at radius 2 is 2.05 bits per heavy atom. The van der Waals surface area contributed by atoms with E-state index in [1.165, 1.54) is 0 Å². The highest BCUT2D eigenvalue weighted by molar-refractivity contribution is 5.94. The van der Waals surface area contributed by atoms with E-state index in [2.05, 4.69) is 17.2 Å². The van der Waals surface area contributed by atoms with Gasteiger partial charge in [0.25, 0.3) is 5.91 Å². The minimum Gasteiger partial charge on any atom is -0.494 e. The van der Waals surface area contributed by atoms with E-state index in [-0.39, 0.29) is 5.91 Å². The van der Waals surface area contributed by atoms with Crippen molar-refractivity contribution in [1.82, 2.24) is 10.3 Å². The van der Waals surface area contributed by atoms with Gasteiger partial charge in [0, 0.05) is 24.5 Å². The first kappa shape index (κ1) is 15.0. The van der Waals surface area contributed by atoms with E-state index in [1.54, 1.807) is 24.5 Å². The molecule has 1 heterocycles. The number of carbonyl (C=O) groups excluding carboxylic acids is 1. The molecule has 0 spiro atoms. The quantitative estimate of drug-likeness (QED) is 0.794. The summed E-state index contributed by atoms with van der Waals surface area (Å²) >= 11 is 0. The van der Waals surface area contributed by atoms with Gasteiger partial charge >= 0.3 is 0 Å². The van der Waals surface area contributed by atoms with E-state index >= 15 is 0 Å². The smallest absolute Gasteiger partial charge is 0.251 e. The van der Waals surface area contributed by atoms with Crippen molar-refractivity contribution in [1.29, 1.82) is 0 Å². The Labute approximate surface area is 125 Å². The summed E-state index contributed by atoms with van der Waals surface area (Å²) in [7, 11) is 0. The molecule has 4 nitrogen and oxygen atoms in total. The summed E-state index contributed by atoms with van der Waals surface area (Å²) in [5.74, 6) is 0.700. The standard InChI is InChI=1S/C17H20N2O2/c1-2-3-11-21-16-8-6-15(7-9-16)17(20)19-13-14-5-4-10-18-12-14/h4-10,12H,2-3,11,13H2,1H3,(H,19,20). The van der Waals surface area contributed by atoms with Crippen molar-refractivity contribution in [2.45, 2.75) is 26.3 Å². The number of nitrogens with one attached hydrogen (secondary N) is 1. The Hall–Kier alpha value is -2.36. The summed E-state index contributed by atoms with van der Waals surface area (Å²) in [5, 5.41) is 2.87. The van der Waals surface area contributed by atoms with Gasteiger partial charge in [-0.2, -0.15) is 0 Å². The summed E-state index contributed by atoms with van der Waals surface area (Å²) in [4.78, 5) is 16.0. The monoisotopic (exact) mass is 284 g/mol. The minimum atomic E-state index is -0.0982. The fourth-order valence-corrected chi connectivity index (χ4v) is 1.82. The van der Waals surface area contributed by atoms with Gasteiger partial charge in [-0.1, -0.05) is 19.4 Å². The van der Waals surface area contributed by atoms with Crippen LogP contribution in [0.15, 0.2) is 48.8 Å². The lowest BCUT2D eigenvalue weighted by Gasteiger charge is -2.07. The van der Waals surface area contributed by atoms with Crippen molar-refractivity contribution in [2.24, 2.45) is 0 Å². The molecule has 1 N–H and O–H groups in total. The number of hydrogen-bond donors (Lipinski definition) is 1. The molecule has 0 saturated heterocycles. The molecule has 21 heavy (non-hydrogen) atoms. The van der Waals surface area contributed by atoms with Gasteiger partial charge in [0.1, 0.15) is 5.75 Å². The predicted molar refractivity (Wildman–Crippen MR) is 82.3 cm³/mol. The molecule has 2 rings (SSSR count). The summed E-state index contributed by atoms with van der Waals surface area (Å²) in [6.45, 7) is 3.31. The van der Waals surface area contributed by atoms with Gasteiger partial charge in [0.2, 0.25) is 0 Å². The molecule has 0 bridgehead atoms. The second kappa shape index (κ2) is 8.04. The van der Waals surface area contributed by atoms with Crippen LogP contribution in [-0.2, 0) is 6.54 Å². The SMILES string of the molecule is CCCCOc1ccc(C(=O)NCc2cccnc2)cc1. The third-order valence-electron chi connectivity index (χ3n) is 3.06. The molecule has 0 aliphatic heterocycles. The van der Waals surface area contributed by atoms with Gasteiger partial charge in [-0.15, -0.1) is 0 Å². The van der Waals surface area contributed by atoms with Gasteiger partial charge < -0.3 is 10.1 Å². The van der Waals surface area contributed by atoms with E-state index < -0.39 is 0 Å². The molecule has 0 unspecified atom stereocenters. The fourth-order valence-electron chi connectivity index (χ4n) is 1.82. The number of unbranched alkanes of at least 4 members (excludes halogenated alkanes) is 1. The molecule has 110 valence electrons. The first-order valence-corrected chi connectivity index (χ1v) is 7.19. The Morgan fingerprint density at radius 3 is 2.71 bits per heavy atom. The van der Waals surface area contributed by atoms with Crippen LogP contribution in [0.3, 0.4) is 0 Å². The average Bonchev–Trinajstić information content (AvgIpc) is 2.54. The zero-order valence-corrected chi connectivity index (χ0v) is 12.2. The lowest BCUT2D eigenvalue weighted by molar-refractivity contribution is 0.0951. The molecule has 0 aliphatic rings. The Bertz CT molecular complexity index is 553. The van der Waals surface area contributed by atoms with Gasteiger partial charge in [-0.25, -0.2) is 0 Å². The molecule has 0 aliphatic carbocycles. The van der Waals surface area contributed by atoms with Gasteiger partial charge in [0.15, 0.2) is 0 Å². The zero-order valence-electron chi connectivity index (χ0n) is 12.2. The molecular weight excluding hydrogens is 264 g/mol. The Balaban J connectivity index is 1.85. The highest BCUT2D eigenvalue weighted by Crippen LogP contribution is 2.12. The van der Waals surface area contributed by atoms with Crippen molar-refractivity contribution >= 4 is 5.91 Å². The van der Waals surface area contributed by atoms with Crippen LogP contribution in [0.5, 0.6) is 5.75 Å². The molecule has 0 atom stereocenters. The largest absolute Gasteiger partial charge is 0.494 e. The molecule has 2 aromatic rings. The van der Waals surface area contributed by atoms with Crippen LogP contribution in [0.1, 0.15) is 35.7 Å². The second-order valence-electron chi connectivity index (χ2n) is 4.77. The fraction of sp³-hybridized carbons (Fsp3) is 0.294. The van der Waals surface area contributed by atoms with E-state index in [0.29, 0.717) is 18.7 Å². The number of aromatic nitrogens is 1. The number of rotatable bonds is 7. The average molecular weight is 284 g/mol. The first-order chi connectivity index (χ1) is 10.3. The lowest BCUT2D eigenvalue weighted by Crippen LogP contribution is -2.22. The van der Waals surface area contributed by atoms with E-state index in [0.717, 1.165) is 24.2 Å². The van der Waals surface area contributed by atoms with Crippen LogP contribution in [0, 0.1) is 0 Å². The maximum absolute atomic E-state index is 12.0. The third-order valence-corrected chi connectivity index (χ3v) is 3.06. The number of benzene rings is 1. The maximum atomic E-state index is 12.0. The number of nitrogens with zero attached hydrogens (tertiary/aromatic N) is 1. The molecule has 0 radical (unpaired) electrons. The van der Waals surface area contributed by atoms with Crippen LogP contribution < -0.4 is 10.1 Å². The normalized spacial score (nSPS) is 10.1. The van der Waals surface area contributed by atoms with Crippen LogP contribution in [0.2, 0.25) is 0 Å². The number of hydrogen-bond acceptors (Lipinski definition) is 3. The van der Waals surface area contributed by atoms with Crippen LogP contribution >= 0.6 is 0 Å². The topological polar surface area (TPSA) is 51.2 Å². The van der Waals surface area contributed by atoms with Gasteiger partial charge in [-0.05, 0) is 42.3 Å². The van der Waals surface area contributed by atoms with Crippen molar-refractivity contribution in [3.05, 3.63) is 59.9 Å². The molecular formula is C17H20N2O2. The van der Waals surface area contributed by atoms with Crippen LogP contribution in [0.4, 0.5) is 0 Å². The minimum absolute atomic E-state index is 0.0982. The van der Waals surface area contributed by atoms with E-state index in [4.69, 9.17) is 4.74 Å². The summed E-state index contributed by atoms with van der Waals surface area (Å²) in [5.41, 5.74) is 1.60. The first-order valence-electron chi connectivity index (χ1n) is 7.19. The number of pyridine rings is 1. The Morgan fingerprint density at radius 1 is 1.24 bits per heavy atom. The highest BCUT2D eigenvalue weighted by Gasteiger charge is 2.05.